The molecular weight excluding hydrogens is 426 g/mol. The van der Waals surface area contributed by atoms with Gasteiger partial charge < -0.3 is 14.3 Å². The van der Waals surface area contributed by atoms with Gasteiger partial charge in [-0.25, -0.2) is 4.79 Å². The number of carbonyl (C=O) groups is 1. The molecule has 0 amide bonds. The maximum atomic E-state index is 13.4. The highest BCUT2D eigenvalue weighted by Crippen LogP contribution is 2.40. The molecule has 31 heavy (non-hydrogen) atoms. The van der Waals surface area contributed by atoms with Crippen LogP contribution in [0.3, 0.4) is 0 Å². The topological polar surface area (TPSA) is 46.5 Å². The number of rotatable bonds is 7. The van der Waals surface area contributed by atoms with Gasteiger partial charge in [0, 0.05) is 25.2 Å². The summed E-state index contributed by atoms with van der Waals surface area (Å²) in [6.45, 7) is 4.25. The number of benzene rings is 1. The SMILES string of the molecule is O=C(OC1C[N+]2(CCc3ccccc3)CCC1CC2)C(O)(c1cccs1)c1cccs1. The molecular formula is C25H28NO3S2+. The molecule has 5 heterocycles. The molecule has 3 aromatic rings. The number of hydrogen-bond acceptors (Lipinski definition) is 5. The van der Waals surface area contributed by atoms with E-state index in [-0.39, 0.29) is 6.10 Å². The van der Waals surface area contributed by atoms with Gasteiger partial charge in [-0.05, 0) is 28.5 Å². The van der Waals surface area contributed by atoms with E-state index in [0.29, 0.717) is 15.7 Å². The van der Waals surface area contributed by atoms with Gasteiger partial charge in [-0.1, -0.05) is 42.5 Å². The van der Waals surface area contributed by atoms with E-state index >= 15 is 0 Å². The average molecular weight is 455 g/mol. The van der Waals surface area contributed by atoms with Gasteiger partial charge in [0.05, 0.1) is 29.4 Å². The maximum Gasteiger partial charge on any atom is 0.349 e. The van der Waals surface area contributed by atoms with Crippen molar-refractivity contribution in [1.29, 1.82) is 0 Å². The first kappa shape index (κ1) is 20.9. The summed E-state index contributed by atoms with van der Waals surface area (Å²) in [6.07, 6.45) is 3.09. The monoisotopic (exact) mass is 454 g/mol. The number of hydrogen-bond donors (Lipinski definition) is 1. The van der Waals surface area contributed by atoms with Crippen LogP contribution in [-0.4, -0.2) is 47.8 Å². The fourth-order valence-electron chi connectivity index (χ4n) is 5.19. The van der Waals surface area contributed by atoms with Crippen LogP contribution in [-0.2, 0) is 21.6 Å². The van der Waals surface area contributed by atoms with Crippen molar-refractivity contribution in [2.45, 2.75) is 31.0 Å². The average Bonchev–Trinajstić information content (AvgIpc) is 3.54. The first-order valence-corrected chi connectivity index (χ1v) is 12.8. The molecule has 1 unspecified atom stereocenters. The number of aliphatic hydroxyl groups is 1. The van der Waals surface area contributed by atoms with Crippen molar-refractivity contribution in [3.63, 3.8) is 0 Å². The predicted molar refractivity (Wildman–Crippen MR) is 124 cm³/mol. The number of quaternary nitrogens is 1. The third-order valence-corrected chi connectivity index (χ3v) is 9.03. The lowest BCUT2D eigenvalue weighted by Gasteiger charge is -2.52. The molecule has 2 bridgehead atoms. The molecule has 1 atom stereocenters. The minimum atomic E-state index is -1.72. The minimum Gasteiger partial charge on any atom is -0.453 e. The standard InChI is InChI=1S/C25H28NO3S2/c27-24(25(28,22-8-4-16-30-22)23-9-5-17-31-23)29-21-18-26(14-11-20(21)12-15-26)13-10-19-6-2-1-3-7-19/h1-9,16-17,20-21,28H,10-15,18H2/q+1. The summed E-state index contributed by atoms with van der Waals surface area (Å²) in [5, 5.41) is 15.3. The molecule has 162 valence electrons. The summed E-state index contributed by atoms with van der Waals surface area (Å²) in [6, 6.07) is 18.0. The minimum absolute atomic E-state index is 0.128. The lowest BCUT2D eigenvalue weighted by Crippen LogP contribution is -2.65. The second kappa shape index (κ2) is 8.51. The summed E-state index contributed by atoms with van der Waals surface area (Å²) in [7, 11) is 0. The Morgan fingerprint density at radius 3 is 2.23 bits per heavy atom. The van der Waals surface area contributed by atoms with Crippen molar-refractivity contribution in [1.82, 2.24) is 0 Å². The maximum absolute atomic E-state index is 13.4. The number of carbonyl (C=O) groups excluding carboxylic acids is 1. The van der Waals surface area contributed by atoms with Crippen molar-refractivity contribution in [3.8, 4) is 0 Å². The number of esters is 1. The summed E-state index contributed by atoms with van der Waals surface area (Å²) >= 11 is 2.78. The molecule has 3 fully saturated rings. The highest BCUT2D eigenvalue weighted by molar-refractivity contribution is 7.12. The zero-order valence-corrected chi connectivity index (χ0v) is 19.1. The van der Waals surface area contributed by atoms with E-state index in [2.05, 4.69) is 30.3 Å². The Labute approximate surface area is 191 Å². The van der Waals surface area contributed by atoms with E-state index in [4.69, 9.17) is 4.74 Å². The van der Waals surface area contributed by atoms with Crippen LogP contribution in [0.1, 0.15) is 28.2 Å². The number of thiophene rings is 2. The number of nitrogens with zero attached hydrogens (tertiary/aromatic N) is 1. The van der Waals surface area contributed by atoms with E-state index in [1.807, 2.05) is 35.0 Å². The Bertz CT molecular complexity index is 959. The largest absolute Gasteiger partial charge is 0.453 e. The lowest BCUT2D eigenvalue weighted by molar-refractivity contribution is -0.946. The van der Waals surface area contributed by atoms with Crippen LogP contribution in [0.25, 0.3) is 0 Å². The Balaban J connectivity index is 1.33. The molecule has 0 saturated carbocycles. The van der Waals surface area contributed by atoms with Crippen molar-refractivity contribution >= 4 is 28.6 Å². The molecule has 2 aromatic heterocycles. The van der Waals surface area contributed by atoms with Crippen LogP contribution in [0.2, 0.25) is 0 Å². The zero-order valence-electron chi connectivity index (χ0n) is 17.5. The fourth-order valence-corrected chi connectivity index (χ4v) is 6.91. The highest BCUT2D eigenvalue weighted by Gasteiger charge is 2.51. The number of fused-ring (bicyclic) bond motifs is 3. The predicted octanol–water partition coefficient (Wildman–Crippen LogP) is 4.44. The molecule has 6 heteroatoms. The second-order valence-electron chi connectivity index (χ2n) is 8.88. The molecule has 3 saturated heterocycles. The zero-order chi connectivity index (χ0) is 21.3. The van der Waals surface area contributed by atoms with E-state index in [9.17, 15) is 9.90 Å². The third kappa shape index (κ3) is 3.98. The summed E-state index contributed by atoms with van der Waals surface area (Å²) in [5.74, 6) is -0.131. The number of piperidine rings is 3. The highest BCUT2D eigenvalue weighted by atomic mass is 32.1. The van der Waals surface area contributed by atoms with Gasteiger partial charge in [-0.3, -0.25) is 0 Å². The van der Waals surface area contributed by atoms with Gasteiger partial charge in [0.1, 0.15) is 6.54 Å². The molecule has 3 aliphatic heterocycles. The first-order valence-electron chi connectivity index (χ1n) is 11.0. The van der Waals surface area contributed by atoms with Gasteiger partial charge in [0.15, 0.2) is 6.10 Å². The van der Waals surface area contributed by atoms with Gasteiger partial charge in [0.2, 0.25) is 5.60 Å². The van der Waals surface area contributed by atoms with Crippen molar-refractivity contribution < 1.29 is 19.1 Å². The molecule has 3 aliphatic rings. The second-order valence-corrected chi connectivity index (χ2v) is 10.8. The van der Waals surface area contributed by atoms with E-state index < -0.39 is 11.6 Å². The van der Waals surface area contributed by atoms with Crippen LogP contribution in [0.15, 0.2) is 65.4 Å². The molecule has 0 radical (unpaired) electrons. The molecule has 0 spiro atoms. The molecule has 1 aromatic carbocycles. The van der Waals surface area contributed by atoms with Crippen LogP contribution in [0.5, 0.6) is 0 Å². The van der Waals surface area contributed by atoms with Gasteiger partial charge >= 0.3 is 5.97 Å². The van der Waals surface area contributed by atoms with Crippen LogP contribution >= 0.6 is 22.7 Å². The lowest BCUT2D eigenvalue weighted by atomic mass is 9.82. The summed E-state index contributed by atoms with van der Waals surface area (Å²) < 4.78 is 7.14. The van der Waals surface area contributed by atoms with Crippen molar-refractivity contribution in [3.05, 3.63) is 80.7 Å². The Hall–Kier alpha value is -1.99. The smallest absolute Gasteiger partial charge is 0.349 e. The van der Waals surface area contributed by atoms with E-state index in [1.54, 1.807) is 0 Å². The van der Waals surface area contributed by atoms with E-state index in [1.165, 1.54) is 28.2 Å². The first-order chi connectivity index (χ1) is 15.1. The normalized spacial score (nSPS) is 25.5. The number of ether oxygens (including phenoxy) is 1. The molecule has 0 aliphatic carbocycles. The molecule has 6 rings (SSSR count). The quantitative estimate of drug-likeness (QED) is 0.424. The van der Waals surface area contributed by atoms with Crippen LogP contribution < -0.4 is 0 Å². The Morgan fingerprint density at radius 2 is 1.65 bits per heavy atom. The van der Waals surface area contributed by atoms with Gasteiger partial charge in [-0.15, -0.1) is 22.7 Å². The summed E-state index contributed by atoms with van der Waals surface area (Å²) in [4.78, 5) is 14.7. The third-order valence-electron chi connectivity index (χ3n) is 7.07. The van der Waals surface area contributed by atoms with Crippen LogP contribution in [0, 0.1) is 5.92 Å². The van der Waals surface area contributed by atoms with Crippen molar-refractivity contribution in [2.24, 2.45) is 5.92 Å². The molecule has 4 nitrogen and oxygen atoms in total. The van der Waals surface area contributed by atoms with Crippen molar-refractivity contribution in [2.75, 3.05) is 26.2 Å². The van der Waals surface area contributed by atoms with Crippen LogP contribution in [0.4, 0.5) is 0 Å². The molecule has 1 N–H and O–H groups in total. The summed E-state index contributed by atoms with van der Waals surface area (Å²) in [5.41, 5.74) is -0.357. The van der Waals surface area contributed by atoms with Gasteiger partial charge in [-0.2, -0.15) is 0 Å². The van der Waals surface area contributed by atoms with Gasteiger partial charge in [0.25, 0.3) is 0 Å². The van der Waals surface area contributed by atoms with E-state index in [0.717, 1.165) is 49.9 Å². The fraction of sp³-hybridized carbons (Fsp3) is 0.400. The Morgan fingerprint density at radius 1 is 1.00 bits per heavy atom. The Kier molecular flexibility index (Phi) is 5.73.